The lowest BCUT2D eigenvalue weighted by Crippen LogP contribution is -2.25. The van der Waals surface area contributed by atoms with Crippen molar-refractivity contribution in [3.05, 3.63) is 59.7 Å². The van der Waals surface area contributed by atoms with Crippen LogP contribution in [0.1, 0.15) is 63.4 Å². The summed E-state index contributed by atoms with van der Waals surface area (Å²) in [7, 11) is 0. The molecule has 2 aromatic carbocycles. The number of nitrogens with one attached hydrogen (secondary N) is 1. The molecule has 0 spiro atoms. The van der Waals surface area contributed by atoms with Crippen LogP contribution in [0.2, 0.25) is 0 Å². The molecule has 2 aromatic rings. The molecule has 28 heavy (non-hydrogen) atoms. The van der Waals surface area contributed by atoms with Crippen LogP contribution in [0.4, 0.5) is 0 Å². The normalized spacial score (nSPS) is 10.2. The largest absolute Gasteiger partial charge is 0.352 e. The van der Waals surface area contributed by atoms with Crippen LogP contribution in [0.15, 0.2) is 58.3 Å². The number of benzene rings is 2. The van der Waals surface area contributed by atoms with E-state index in [0.717, 1.165) is 28.6 Å². The number of carbonyl (C=O) groups is 1. The van der Waals surface area contributed by atoms with E-state index in [4.69, 9.17) is 0 Å². The van der Waals surface area contributed by atoms with E-state index in [2.05, 4.69) is 46.0 Å². The molecule has 0 aromatic heterocycles. The quantitative estimate of drug-likeness (QED) is 0.541. The lowest BCUT2D eigenvalue weighted by atomic mass is 10.1. The number of hydrogen-bond acceptors (Lipinski definition) is 3. The topological polar surface area (TPSA) is 52.9 Å². The van der Waals surface area contributed by atoms with E-state index in [1.165, 1.54) is 11.8 Å². The lowest BCUT2D eigenvalue weighted by Gasteiger charge is -2.11. The second-order valence-electron chi connectivity index (χ2n) is 7.73. The molecule has 2 rings (SSSR count). The molecule has 0 fully saturated rings. The maximum atomic E-state index is 12.5. The highest BCUT2D eigenvalue weighted by molar-refractivity contribution is 7.99. The molecule has 0 atom stereocenters. The minimum atomic E-state index is -0.0590. The number of amides is 1. The van der Waals surface area contributed by atoms with Crippen molar-refractivity contribution in [2.24, 2.45) is 11.8 Å². The van der Waals surface area contributed by atoms with Gasteiger partial charge in [0.1, 0.15) is 6.07 Å². The van der Waals surface area contributed by atoms with E-state index in [1.54, 1.807) is 6.07 Å². The van der Waals surface area contributed by atoms with Crippen molar-refractivity contribution in [3.63, 3.8) is 0 Å². The Morgan fingerprint density at radius 2 is 1.57 bits per heavy atom. The summed E-state index contributed by atoms with van der Waals surface area (Å²) in [4.78, 5) is 14.2. The van der Waals surface area contributed by atoms with Crippen LogP contribution in [-0.2, 0) is 0 Å². The minimum absolute atomic E-state index is 0.0590. The number of nitriles is 1. The van der Waals surface area contributed by atoms with E-state index in [9.17, 15) is 10.1 Å². The standard InChI is InChI=1S/C20H22N2OS.C4H10/c1-15(2)8-7-13-22-20(23)17-10-4-6-12-19(17)24-18-11-5-3-9-16(18)14-21;1-4(2)3/h3-6,9-12,15H,7-8,13H2,1-2H3,(H,22,23);4H,1-3H3. The van der Waals surface area contributed by atoms with Gasteiger partial charge in [0.15, 0.2) is 0 Å². The Bertz CT molecular complexity index is 775. The summed E-state index contributed by atoms with van der Waals surface area (Å²) in [6, 6.07) is 17.2. The van der Waals surface area contributed by atoms with Crippen LogP contribution in [0, 0.1) is 23.2 Å². The fourth-order valence-electron chi connectivity index (χ4n) is 2.32. The fraction of sp³-hybridized carbons (Fsp3) is 0.417. The molecule has 4 heteroatoms. The Morgan fingerprint density at radius 1 is 1.00 bits per heavy atom. The van der Waals surface area contributed by atoms with Crippen molar-refractivity contribution in [1.82, 2.24) is 5.32 Å². The van der Waals surface area contributed by atoms with Crippen LogP contribution < -0.4 is 5.32 Å². The number of rotatable bonds is 7. The molecule has 0 heterocycles. The van der Waals surface area contributed by atoms with Crippen molar-refractivity contribution < 1.29 is 4.79 Å². The van der Waals surface area contributed by atoms with Gasteiger partial charge in [0.2, 0.25) is 0 Å². The summed E-state index contributed by atoms with van der Waals surface area (Å²) in [5, 5.41) is 12.2. The summed E-state index contributed by atoms with van der Waals surface area (Å²) in [6.07, 6.45) is 2.09. The number of hydrogen-bond donors (Lipinski definition) is 1. The van der Waals surface area contributed by atoms with Gasteiger partial charge < -0.3 is 5.32 Å². The summed E-state index contributed by atoms with van der Waals surface area (Å²) in [6.45, 7) is 11.5. The van der Waals surface area contributed by atoms with Crippen LogP contribution in [0.5, 0.6) is 0 Å². The summed E-state index contributed by atoms with van der Waals surface area (Å²) < 4.78 is 0. The highest BCUT2D eigenvalue weighted by atomic mass is 32.2. The van der Waals surface area contributed by atoms with Crippen molar-refractivity contribution in [2.75, 3.05) is 6.54 Å². The second-order valence-corrected chi connectivity index (χ2v) is 8.81. The molecule has 0 saturated heterocycles. The maximum Gasteiger partial charge on any atom is 0.252 e. The monoisotopic (exact) mass is 396 g/mol. The van der Waals surface area contributed by atoms with Gasteiger partial charge in [-0.3, -0.25) is 4.79 Å². The van der Waals surface area contributed by atoms with Gasteiger partial charge in [-0.05, 0) is 48.9 Å². The van der Waals surface area contributed by atoms with Crippen molar-refractivity contribution in [3.8, 4) is 6.07 Å². The molecule has 0 bridgehead atoms. The zero-order valence-corrected chi connectivity index (χ0v) is 18.5. The van der Waals surface area contributed by atoms with Crippen LogP contribution >= 0.6 is 11.8 Å². The van der Waals surface area contributed by atoms with E-state index >= 15 is 0 Å². The van der Waals surface area contributed by atoms with Gasteiger partial charge in [0.25, 0.3) is 5.91 Å². The predicted molar refractivity (Wildman–Crippen MR) is 119 cm³/mol. The third kappa shape index (κ3) is 9.10. The van der Waals surface area contributed by atoms with E-state index in [0.29, 0.717) is 23.6 Å². The fourth-order valence-corrected chi connectivity index (χ4v) is 3.34. The van der Waals surface area contributed by atoms with Crippen molar-refractivity contribution in [2.45, 2.75) is 57.3 Å². The third-order valence-electron chi connectivity index (χ3n) is 3.60. The Kier molecular flexibility index (Phi) is 11.1. The van der Waals surface area contributed by atoms with Gasteiger partial charge in [-0.1, -0.05) is 70.6 Å². The first-order valence-electron chi connectivity index (χ1n) is 9.89. The second kappa shape index (κ2) is 13.0. The average molecular weight is 397 g/mol. The molecule has 0 aliphatic carbocycles. The highest BCUT2D eigenvalue weighted by Gasteiger charge is 2.13. The zero-order valence-electron chi connectivity index (χ0n) is 17.7. The SMILES string of the molecule is CC(C)C.CC(C)CCCNC(=O)c1ccccc1Sc1ccccc1C#N. The molecule has 1 amide bonds. The van der Waals surface area contributed by atoms with Gasteiger partial charge in [0, 0.05) is 16.3 Å². The van der Waals surface area contributed by atoms with Gasteiger partial charge >= 0.3 is 0 Å². The Labute approximate surface area is 174 Å². The summed E-state index contributed by atoms with van der Waals surface area (Å²) in [5.74, 6) is 1.42. The van der Waals surface area contributed by atoms with Crippen LogP contribution in [0.3, 0.4) is 0 Å². The van der Waals surface area contributed by atoms with Crippen LogP contribution in [-0.4, -0.2) is 12.5 Å². The van der Waals surface area contributed by atoms with E-state index < -0.39 is 0 Å². The van der Waals surface area contributed by atoms with Crippen molar-refractivity contribution in [1.29, 1.82) is 5.26 Å². The zero-order chi connectivity index (χ0) is 20.9. The van der Waals surface area contributed by atoms with Gasteiger partial charge in [-0.2, -0.15) is 5.26 Å². The molecule has 0 saturated carbocycles. The molecule has 0 radical (unpaired) electrons. The summed E-state index contributed by atoms with van der Waals surface area (Å²) >= 11 is 1.45. The van der Waals surface area contributed by atoms with Gasteiger partial charge in [0.05, 0.1) is 11.1 Å². The molecule has 1 N–H and O–H groups in total. The summed E-state index contributed by atoms with van der Waals surface area (Å²) in [5.41, 5.74) is 1.27. The third-order valence-corrected chi connectivity index (χ3v) is 4.75. The van der Waals surface area contributed by atoms with Crippen LogP contribution in [0.25, 0.3) is 0 Å². The maximum absolute atomic E-state index is 12.5. The highest BCUT2D eigenvalue weighted by Crippen LogP contribution is 2.32. The smallest absolute Gasteiger partial charge is 0.252 e. The Hall–Kier alpha value is -2.25. The molecule has 0 unspecified atom stereocenters. The molecule has 0 aliphatic rings. The Balaban J connectivity index is 0.000000892. The first-order chi connectivity index (χ1) is 13.3. The molecular formula is C24H32N2OS. The average Bonchev–Trinajstić information content (AvgIpc) is 2.65. The van der Waals surface area contributed by atoms with Crippen molar-refractivity contribution >= 4 is 17.7 Å². The molecule has 0 aliphatic heterocycles. The number of carbonyl (C=O) groups excluding carboxylic acids is 1. The van der Waals surface area contributed by atoms with Gasteiger partial charge in [-0.25, -0.2) is 0 Å². The molecule has 150 valence electrons. The van der Waals surface area contributed by atoms with Gasteiger partial charge in [-0.15, -0.1) is 0 Å². The minimum Gasteiger partial charge on any atom is -0.352 e. The molecule has 3 nitrogen and oxygen atoms in total. The lowest BCUT2D eigenvalue weighted by molar-refractivity contribution is 0.0949. The first-order valence-corrected chi connectivity index (χ1v) is 10.7. The number of nitrogens with zero attached hydrogens (tertiary/aromatic N) is 1. The predicted octanol–water partition coefficient (Wildman–Crippen LogP) is 6.54. The molecular weight excluding hydrogens is 364 g/mol. The van der Waals surface area contributed by atoms with E-state index in [-0.39, 0.29) is 5.91 Å². The first kappa shape index (κ1) is 23.8. The Morgan fingerprint density at radius 3 is 2.18 bits per heavy atom. The van der Waals surface area contributed by atoms with E-state index in [1.807, 2.05) is 42.5 Å².